The zero-order valence-corrected chi connectivity index (χ0v) is 15.4. The normalized spacial score (nSPS) is 13.4. The van der Waals surface area contributed by atoms with Crippen LogP contribution in [0, 0.1) is 6.92 Å². The lowest BCUT2D eigenvalue weighted by Gasteiger charge is -2.30. The van der Waals surface area contributed by atoms with E-state index < -0.39 is 0 Å². The van der Waals surface area contributed by atoms with Gasteiger partial charge in [0.2, 0.25) is 0 Å². The number of rotatable bonds is 4. The van der Waals surface area contributed by atoms with Gasteiger partial charge in [-0.05, 0) is 30.0 Å². The van der Waals surface area contributed by atoms with Gasteiger partial charge in [0.1, 0.15) is 17.5 Å². The Hall–Kier alpha value is -2.88. The van der Waals surface area contributed by atoms with E-state index in [9.17, 15) is 0 Å². The lowest BCUT2D eigenvalue weighted by Crippen LogP contribution is -2.31. The maximum absolute atomic E-state index is 4.71. The van der Waals surface area contributed by atoms with Crippen LogP contribution in [-0.2, 0) is 19.5 Å². The van der Waals surface area contributed by atoms with Gasteiger partial charge in [-0.1, -0.05) is 54.6 Å². The third kappa shape index (κ3) is 3.54. The number of fused-ring (bicyclic) bond motifs is 1. The minimum atomic E-state index is 0.816. The van der Waals surface area contributed by atoms with E-state index in [1.54, 1.807) is 0 Å². The van der Waals surface area contributed by atoms with Crippen molar-refractivity contribution in [3.8, 4) is 0 Å². The topological polar surface area (TPSA) is 32.3 Å². The molecule has 2 aromatic carbocycles. The van der Waals surface area contributed by atoms with Crippen LogP contribution in [0.25, 0.3) is 0 Å². The second kappa shape index (κ2) is 7.16. The van der Waals surface area contributed by atoms with Gasteiger partial charge in [-0.2, -0.15) is 0 Å². The molecule has 3 aromatic rings. The molecule has 0 unspecified atom stereocenters. The van der Waals surface area contributed by atoms with Crippen molar-refractivity contribution in [2.45, 2.75) is 26.4 Å². The van der Waals surface area contributed by atoms with Crippen LogP contribution in [0.3, 0.4) is 0 Å². The molecule has 0 spiro atoms. The van der Waals surface area contributed by atoms with Gasteiger partial charge in [0.05, 0.1) is 0 Å². The largest absolute Gasteiger partial charge is 0.355 e. The first-order chi connectivity index (χ1) is 12.7. The molecule has 4 nitrogen and oxygen atoms in total. The summed E-state index contributed by atoms with van der Waals surface area (Å²) in [6.45, 7) is 4.71. The Morgan fingerprint density at radius 3 is 2.50 bits per heavy atom. The van der Waals surface area contributed by atoms with E-state index in [4.69, 9.17) is 4.98 Å². The molecule has 1 aliphatic rings. The highest BCUT2D eigenvalue weighted by Gasteiger charge is 2.18. The molecule has 0 saturated carbocycles. The number of aromatic nitrogens is 2. The number of benzene rings is 2. The highest BCUT2D eigenvalue weighted by molar-refractivity contribution is 5.52. The molecule has 1 aliphatic heterocycles. The van der Waals surface area contributed by atoms with E-state index >= 15 is 0 Å². The van der Waals surface area contributed by atoms with Crippen molar-refractivity contribution < 1.29 is 0 Å². The molecular formula is C22H24N4. The predicted molar refractivity (Wildman–Crippen MR) is 107 cm³/mol. The van der Waals surface area contributed by atoms with Crippen molar-refractivity contribution in [1.29, 1.82) is 0 Å². The number of anilines is 2. The minimum absolute atomic E-state index is 0.816. The van der Waals surface area contributed by atoms with E-state index in [0.29, 0.717) is 0 Å². The molecule has 132 valence electrons. The Balaban J connectivity index is 1.57. The zero-order chi connectivity index (χ0) is 17.9. The molecule has 26 heavy (non-hydrogen) atoms. The van der Waals surface area contributed by atoms with Crippen LogP contribution in [0.1, 0.15) is 22.5 Å². The molecule has 2 heterocycles. The fraction of sp³-hybridized carbons (Fsp3) is 0.273. The maximum Gasteiger partial charge on any atom is 0.134 e. The van der Waals surface area contributed by atoms with Crippen LogP contribution in [0.4, 0.5) is 11.6 Å². The number of hydrogen-bond acceptors (Lipinski definition) is 4. The van der Waals surface area contributed by atoms with Crippen LogP contribution < -0.4 is 9.80 Å². The van der Waals surface area contributed by atoms with Gasteiger partial charge in [-0.15, -0.1) is 0 Å². The summed E-state index contributed by atoms with van der Waals surface area (Å²) in [5, 5.41) is 0. The standard InChI is InChI=1S/C22H24N4/c1-17-23-21(25(2)15-18-8-4-3-5-9-18)14-22(24-17)26-13-12-19-10-6-7-11-20(19)16-26/h3-11,14H,12-13,15-16H2,1-2H3. The molecule has 1 aromatic heterocycles. The fourth-order valence-corrected chi connectivity index (χ4v) is 3.52. The molecular weight excluding hydrogens is 320 g/mol. The summed E-state index contributed by atoms with van der Waals surface area (Å²) in [5.41, 5.74) is 4.13. The Morgan fingerprint density at radius 2 is 1.69 bits per heavy atom. The molecule has 4 rings (SSSR count). The first-order valence-electron chi connectivity index (χ1n) is 9.11. The summed E-state index contributed by atoms with van der Waals surface area (Å²) in [5.74, 6) is 2.80. The van der Waals surface area contributed by atoms with E-state index in [-0.39, 0.29) is 0 Å². The van der Waals surface area contributed by atoms with Gasteiger partial charge < -0.3 is 9.80 Å². The average molecular weight is 344 g/mol. The third-order valence-electron chi connectivity index (χ3n) is 4.92. The molecule has 0 bridgehead atoms. The maximum atomic E-state index is 4.71. The van der Waals surface area contributed by atoms with E-state index in [0.717, 1.165) is 43.5 Å². The predicted octanol–water partition coefficient (Wildman–Crippen LogP) is 3.98. The van der Waals surface area contributed by atoms with Gasteiger partial charge in [0, 0.05) is 32.7 Å². The summed E-state index contributed by atoms with van der Waals surface area (Å²) in [4.78, 5) is 13.9. The van der Waals surface area contributed by atoms with Gasteiger partial charge in [0.25, 0.3) is 0 Å². The smallest absolute Gasteiger partial charge is 0.134 e. The van der Waals surface area contributed by atoms with Crippen molar-refractivity contribution in [2.24, 2.45) is 0 Å². The average Bonchev–Trinajstić information content (AvgIpc) is 2.68. The monoisotopic (exact) mass is 344 g/mol. The minimum Gasteiger partial charge on any atom is -0.355 e. The molecule has 0 fully saturated rings. The molecule has 4 heteroatoms. The quantitative estimate of drug-likeness (QED) is 0.716. The number of aryl methyl sites for hydroxylation is 1. The molecule has 0 saturated heterocycles. The van der Waals surface area contributed by atoms with Crippen LogP contribution in [-0.4, -0.2) is 23.6 Å². The van der Waals surface area contributed by atoms with Crippen molar-refractivity contribution in [3.05, 3.63) is 83.2 Å². The van der Waals surface area contributed by atoms with Crippen LogP contribution in [0.15, 0.2) is 60.7 Å². The molecule has 0 atom stereocenters. The summed E-state index contributed by atoms with van der Waals surface area (Å²) in [7, 11) is 2.09. The van der Waals surface area contributed by atoms with Crippen LogP contribution in [0.5, 0.6) is 0 Å². The van der Waals surface area contributed by atoms with Gasteiger partial charge >= 0.3 is 0 Å². The first-order valence-corrected chi connectivity index (χ1v) is 9.11. The Labute approximate surface area is 155 Å². The van der Waals surface area contributed by atoms with Gasteiger partial charge in [-0.25, -0.2) is 9.97 Å². The first kappa shape index (κ1) is 16.6. The fourth-order valence-electron chi connectivity index (χ4n) is 3.52. The van der Waals surface area contributed by atoms with Crippen molar-refractivity contribution in [1.82, 2.24) is 9.97 Å². The zero-order valence-electron chi connectivity index (χ0n) is 15.4. The summed E-state index contributed by atoms with van der Waals surface area (Å²) in [6, 6.07) is 21.3. The van der Waals surface area contributed by atoms with E-state index in [1.165, 1.54) is 16.7 Å². The molecule has 0 N–H and O–H groups in total. The lowest BCUT2D eigenvalue weighted by molar-refractivity contribution is 0.715. The van der Waals surface area contributed by atoms with Crippen LogP contribution in [0.2, 0.25) is 0 Å². The summed E-state index contributed by atoms with van der Waals surface area (Å²) < 4.78 is 0. The van der Waals surface area contributed by atoms with Crippen molar-refractivity contribution in [3.63, 3.8) is 0 Å². The Morgan fingerprint density at radius 1 is 0.962 bits per heavy atom. The third-order valence-corrected chi connectivity index (χ3v) is 4.92. The SMILES string of the molecule is Cc1nc(N(C)Cc2ccccc2)cc(N2CCc3ccccc3C2)n1. The molecule has 0 amide bonds. The second-order valence-corrected chi connectivity index (χ2v) is 6.91. The lowest BCUT2D eigenvalue weighted by atomic mass is 10.00. The summed E-state index contributed by atoms with van der Waals surface area (Å²) in [6.07, 6.45) is 1.06. The highest BCUT2D eigenvalue weighted by Crippen LogP contribution is 2.25. The van der Waals surface area contributed by atoms with Crippen LogP contribution >= 0.6 is 0 Å². The van der Waals surface area contributed by atoms with Crippen molar-refractivity contribution >= 4 is 11.6 Å². The van der Waals surface area contributed by atoms with Gasteiger partial charge in [-0.3, -0.25) is 0 Å². The summed E-state index contributed by atoms with van der Waals surface area (Å²) >= 11 is 0. The molecule has 0 radical (unpaired) electrons. The Bertz CT molecular complexity index is 892. The second-order valence-electron chi connectivity index (χ2n) is 6.91. The Kier molecular flexibility index (Phi) is 4.57. The van der Waals surface area contributed by atoms with E-state index in [2.05, 4.69) is 76.4 Å². The van der Waals surface area contributed by atoms with Crippen molar-refractivity contribution in [2.75, 3.05) is 23.4 Å². The van der Waals surface area contributed by atoms with E-state index in [1.807, 2.05) is 13.0 Å². The molecule has 0 aliphatic carbocycles. The van der Waals surface area contributed by atoms with Gasteiger partial charge in [0.15, 0.2) is 0 Å². The highest BCUT2D eigenvalue weighted by atomic mass is 15.2. The number of hydrogen-bond donors (Lipinski definition) is 0. The number of nitrogens with zero attached hydrogens (tertiary/aromatic N) is 4.